The van der Waals surface area contributed by atoms with E-state index in [2.05, 4.69) is 5.32 Å². The maximum absolute atomic E-state index is 11.5. The van der Waals surface area contributed by atoms with Crippen LogP contribution in [0.15, 0.2) is 0 Å². The number of hydrogen-bond acceptors (Lipinski definition) is 4. The zero-order valence-electron chi connectivity index (χ0n) is 8.54. The highest BCUT2D eigenvalue weighted by molar-refractivity contribution is 7.92. The fraction of sp³-hybridized carbons (Fsp3) is 1.00. The van der Waals surface area contributed by atoms with Crippen molar-refractivity contribution in [2.45, 2.75) is 19.1 Å². The summed E-state index contributed by atoms with van der Waals surface area (Å²) in [6.45, 7) is 5.26. The zero-order valence-corrected chi connectivity index (χ0v) is 9.36. The number of rotatable bonds is 7. The Labute approximate surface area is 80.6 Å². The molecule has 0 aromatic heterocycles. The van der Waals surface area contributed by atoms with Crippen LogP contribution in [0, 0.1) is 0 Å². The highest BCUT2D eigenvalue weighted by atomic mass is 32.2. The van der Waals surface area contributed by atoms with Gasteiger partial charge in [0.15, 0.2) is 9.84 Å². The van der Waals surface area contributed by atoms with Gasteiger partial charge in [-0.05, 0) is 13.5 Å². The maximum Gasteiger partial charge on any atom is 0.156 e. The predicted octanol–water partition coefficient (Wildman–Crippen LogP) is 0.0456. The molecule has 0 saturated heterocycles. The lowest BCUT2D eigenvalue weighted by Gasteiger charge is -2.12. The van der Waals surface area contributed by atoms with Crippen LogP contribution in [0.1, 0.15) is 13.8 Å². The number of ether oxygens (including phenoxy) is 1. The highest BCUT2D eigenvalue weighted by Crippen LogP contribution is 2.00. The van der Waals surface area contributed by atoms with E-state index in [1.54, 1.807) is 6.92 Å². The van der Waals surface area contributed by atoms with Crippen LogP contribution in [0.3, 0.4) is 0 Å². The molecule has 0 aromatic rings. The van der Waals surface area contributed by atoms with Gasteiger partial charge in [-0.1, -0.05) is 6.92 Å². The first-order valence-electron chi connectivity index (χ1n) is 4.45. The molecule has 0 heterocycles. The van der Waals surface area contributed by atoms with E-state index in [1.165, 1.54) is 7.11 Å². The van der Waals surface area contributed by atoms with Gasteiger partial charge >= 0.3 is 0 Å². The van der Waals surface area contributed by atoms with Crippen molar-refractivity contribution in [3.63, 3.8) is 0 Å². The van der Waals surface area contributed by atoms with Crippen molar-refractivity contribution in [1.82, 2.24) is 5.32 Å². The van der Waals surface area contributed by atoms with E-state index in [-0.39, 0.29) is 17.6 Å². The lowest BCUT2D eigenvalue weighted by atomic mass is 10.5. The molecule has 0 saturated carbocycles. The van der Waals surface area contributed by atoms with E-state index in [1.807, 2.05) is 6.92 Å². The second-order valence-corrected chi connectivity index (χ2v) is 5.52. The minimum absolute atomic E-state index is 0.107. The number of nitrogens with one attached hydrogen (secondary N) is 1. The third-order valence-electron chi connectivity index (χ3n) is 1.87. The van der Waals surface area contributed by atoms with Crippen LogP contribution in [-0.4, -0.2) is 46.2 Å². The van der Waals surface area contributed by atoms with E-state index in [4.69, 9.17) is 4.74 Å². The molecule has 5 heteroatoms. The smallest absolute Gasteiger partial charge is 0.156 e. The Morgan fingerprint density at radius 3 is 2.54 bits per heavy atom. The Kier molecular flexibility index (Phi) is 6.28. The number of sulfone groups is 1. The molecule has 0 spiro atoms. The first-order chi connectivity index (χ1) is 6.04. The fourth-order valence-electron chi connectivity index (χ4n) is 0.875. The van der Waals surface area contributed by atoms with Crippen LogP contribution < -0.4 is 5.32 Å². The molecule has 0 radical (unpaired) electrons. The van der Waals surface area contributed by atoms with Crippen LogP contribution in [0.4, 0.5) is 0 Å². The molecule has 4 nitrogen and oxygen atoms in total. The predicted molar refractivity (Wildman–Crippen MR) is 53.7 cm³/mol. The molecular formula is C8H19NO3S. The van der Waals surface area contributed by atoms with Crippen molar-refractivity contribution in [1.29, 1.82) is 0 Å². The molecule has 0 rings (SSSR count). The van der Waals surface area contributed by atoms with Gasteiger partial charge in [0.2, 0.25) is 0 Å². The number of methoxy groups -OCH3 is 1. The van der Waals surface area contributed by atoms with Gasteiger partial charge in [0, 0.05) is 13.7 Å². The Bertz CT molecular complexity index is 213. The lowest BCUT2D eigenvalue weighted by molar-refractivity contribution is 0.217. The topological polar surface area (TPSA) is 55.4 Å². The lowest BCUT2D eigenvalue weighted by Crippen LogP contribution is -2.33. The second kappa shape index (κ2) is 6.34. The van der Waals surface area contributed by atoms with E-state index >= 15 is 0 Å². The molecule has 0 aromatic carbocycles. The minimum atomic E-state index is -2.98. The molecule has 0 aliphatic carbocycles. The van der Waals surface area contributed by atoms with Crippen LogP contribution >= 0.6 is 0 Å². The van der Waals surface area contributed by atoms with Crippen molar-refractivity contribution in [3.8, 4) is 0 Å². The Morgan fingerprint density at radius 1 is 1.46 bits per heavy atom. The van der Waals surface area contributed by atoms with Crippen molar-refractivity contribution >= 4 is 9.84 Å². The molecule has 0 aliphatic rings. The molecule has 1 N–H and O–H groups in total. The van der Waals surface area contributed by atoms with Gasteiger partial charge in [-0.25, -0.2) is 8.42 Å². The van der Waals surface area contributed by atoms with Crippen LogP contribution in [-0.2, 0) is 14.6 Å². The van der Waals surface area contributed by atoms with Crippen LogP contribution in [0.2, 0.25) is 0 Å². The second-order valence-electron chi connectivity index (χ2n) is 2.98. The van der Waals surface area contributed by atoms with Crippen molar-refractivity contribution in [3.05, 3.63) is 0 Å². The maximum atomic E-state index is 11.5. The van der Waals surface area contributed by atoms with E-state index in [0.717, 1.165) is 6.54 Å². The Hall–Kier alpha value is -0.130. The summed E-state index contributed by atoms with van der Waals surface area (Å²) in [5.41, 5.74) is 0. The molecule has 13 heavy (non-hydrogen) atoms. The summed E-state index contributed by atoms with van der Waals surface area (Å²) >= 11 is 0. The third-order valence-corrected chi connectivity index (χ3v) is 4.00. The number of hydrogen-bond donors (Lipinski definition) is 1. The first-order valence-corrected chi connectivity index (χ1v) is 6.17. The summed E-state index contributed by atoms with van der Waals surface area (Å²) < 4.78 is 27.7. The van der Waals surface area contributed by atoms with Crippen LogP contribution in [0.25, 0.3) is 0 Å². The largest absolute Gasteiger partial charge is 0.384 e. The Morgan fingerprint density at radius 2 is 2.08 bits per heavy atom. The summed E-state index contributed by atoms with van der Waals surface area (Å²) in [5, 5.41) is 2.68. The van der Waals surface area contributed by atoms with Gasteiger partial charge in [-0.3, -0.25) is 0 Å². The average molecular weight is 209 g/mol. The first kappa shape index (κ1) is 12.9. The molecule has 0 amide bonds. The zero-order chi connectivity index (χ0) is 10.3. The summed E-state index contributed by atoms with van der Waals surface area (Å²) in [7, 11) is -1.48. The van der Waals surface area contributed by atoms with Gasteiger partial charge in [0.1, 0.15) is 0 Å². The summed E-state index contributed by atoms with van der Waals surface area (Å²) in [4.78, 5) is 0. The molecule has 0 fully saturated rings. The van der Waals surface area contributed by atoms with Gasteiger partial charge in [0.05, 0.1) is 17.6 Å². The average Bonchev–Trinajstić information content (AvgIpc) is 2.10. The Balaban J connectivity index is 3.96. The van der Waals surface area contributed by atoms with Gasteiger partial charge in [-0.2, -0.15) is 0 Å². The van der Waals surface area contributed by atoms with Gasteiger partial charge in [-0.15, -0.1) is 0 Å². The molecule has 0 aliphatic heterocycles. The normalized spacial score (nSPS) is 14.4. The van der Waals surface area contributed by atoms with Gasteiger partial charge < -0.3 is 10.1 Å². The van der Waals surface area contributed by atoms with E-state index in [9.17, 15) is 8.42 Å². The quantitative estimate of drug-likeness (QED) is 0.643. The third kappa shape index (κ3) is 5.23. The standard InChI is InChI=1S/C8H19NO3S/c1-4-9-7-8(2)13(10,11)6-5-12-3/h8-9H,4-7H2,1-3H3. The highest BCUT2D eigenvalue weighted by Gasteiger charge is 2.19. The SMILES string of the molecule is CCNCC(C)S(=O)(=O)CCOC. The molecule has 1 unspecified atom stereocenters. The van der Waals surface area contributed by atoms with Crippen molar-refractivity contribution < 1.29 is 13.2 Å². The van der Waals surface area contributed by atoms with E-state index in [0.29, 0.717) is 6.54 Å². The fourth-order valence-corrected chi connectivity index (χ4v) is 2.05. The molecular weight excluding hydrogens is 190 g/mol. The monoisotopic (exact) mass is 209 g/mol. The molecule has 1 atom stereocenters. The molecule has 80 valence electrons. The summed E-state index contributed by atoms with van der Waals surface area (Å²) in [5.74, 6) is 0.107. The van der Waals surface area contributed by atoms with Crippen molar-refractivity contribution in [2.75, 3.05) is 32.6 Å². The summed E-state index contributed by atoms with van der Waals surface area (Å²) in [6.07, 6.45) is 0. The minimum Gasteiger partial charge on any atom is -0.384 e. The van der Waals surface area contributed by atoms with Gasteiger partial charge in [0.25, 0.3) is 0 Å². The van der Waals surface area contributed by atoms with Crippen LogP contribution in [0.5, 0.6) is 0 Å². The van der Waals surface area contributed by atoms with Crippen molar-refractivity contribution in [2.24, 2.45) is 0 Å². The van der Waals surface area contributed by atoms with E-state index < -0.39 is 9.84 Å². The molecule has 0 bridgehead atoms. The summed E-state index contributed by atoms with van der Waals surface area (Å²) in [6, 6.07) is 0.